The van der Waals surface area contributed by atoms with Crippen molar-refractivity contribution in [3.8, 4) is 5.69 Å². The fraction of sp³-hybridized carbons (Fsp3) is 0.375. The zero-order valence-electron chi connectivity index (χ0n) is 17.5. The highest BCUT2D eigenvalue weighted by molar-refractivity contribution is 5.89. The van der Waals surface area contributed by atoms with Gasteiger partial charge >= 0.3 is 5.97 Å². The summed E-state index contributed by atoms with van der Waals surface area (Å²) < 4.78 is 35.5. The van der Waals surface area contributed by atoms with Crippen molar-refractivity contribution in [3.63, 3.8) is 0 Å². The van der Waals surface area contributed by atoms with Crippen LogP contribution in [0.2, 0.25) is 0 Å². The Labute approximate surface area is 174 Å². The van der Waals surface area contributed by atoms with Gasteiger partial charge < -0.3 is 14.4 Å². The van der Waals surface area contributed by atoms with E-state index >= 15 is 0 Å². The molecular weight excluding hydrogens is 388 g/mol. The number of hydrogen-bond donors (Lipinski definition) is 1. The van der Waals surface area contributed by atoms with Crippen LogP contribution in [-0.4, -0.2) is 28.4 Å². The van der Waals surface area contributed by atoms with Gasteiger partial charge in [0.15, 0.2) is 5.60 Å². The van der Waals surface area contributed by atoms with Crippen molar-refractivity contribution in [1.29, 1.82) is 0 Å². The van der Waals surface area contributed by atoms with Crippen LogP contribution in [0, 0.1) is 18.6 Å². The Morgan fingerprint density at radius 1 is 1.20 bits per heavy atom. The number of carbonyl (C=O) groups is 1. The van der Waals surface area contributed by atoms with Gasteiger partial charge in [-0.3, -0.25) is 0 Å². The van der Waals surface area contributed by atoms with Crippen LogP contribution in [0.5, 0.6) is 0 Å². The Kier molecular flexibility index (Phi) is 4.93. The number of ether oxygens (including phenoxy) is 1. The molecule has 2 aromatic carbocycles. The lowest BCUT2D eigenvalue weighted by atomic mass is 9.66. The summed E-state index contributed by atoms with van der Waals surface area (Å²) in [5.74, 6) is -1.58. The van der Waals surface area contributed by atoms with Crippen molar-refractivity contribution in [2.75, 3.05) is 7.11 Å². The number of aliphatic carboxylic acids is 1. The summed E-state index contributed by atoms with van der Waals surface area (Å²) in [4.78, 5) is 11.7. The highest BCUT2D eigenvalue weighted by Crippen LogP contribution is 2.52. The normalized spacial score (nSPS) is 21.2. The van der Waals surface area contributed by atoms with E-state index in [4.69, 9.17) is 4.74 Å². The van der Waals surface area contributed by atoms with E-state index in [1.807, 2.05) is 0 Å². The molecule has 1 heterocycles. The minimum atomic E-state index is -1.20. The average Bonchev–Trinajstić information content (AvgIpc) is 2.98. The van der Waals surface area contributed by atoms with Gasteiger partial charge in [-0.25, -0.2) is 13.6 Å². The Morgan fingerprint density at radius 3 is 2.47 bits per heavy atom. The van der Waals surface area contributed by atoms with E-state index < -0.39 is 11.6 Å². The largest absolute Gasteiger partial charge is 0.479 e. The van der Waals surface area contributed by atoms with E-state index in [-0.39, 0.29) is 23.5 Å². The highest BCUT2D eigenvalue weighted by atomic mass is 19.1. The first kappa shape index (κ1) is 20.5. The number of carboxylic acid groups (broad SMARTS) is 1. The first-order valence-electron chi connectivity index (χ1n) is 10.1. The molecule has 3 aromatic rings. The summed E-state index contributed by atoms with van der Waals surface area (Å²) in [5.41, 5.74) is 2.90. The quantitative estimate of drug-likeness (QED) is 0.585. The third kappa shape index (κ3) is 3.01. The first-order chi connectivity index (χ1) is 14.2. The monoisotopic (exact) mass is 413 g/mol. The molecule has 0 spiro atoms. The second kappa shape index (κ2) is 7.20. The van der Waals surface area contributed by atoms with Gasteiger partial charge in [0, 0.05) is 23.9 Å². The molecule has 0 atom stereocenters. The van der Waals surface area contributed by atoms with Gasteiger partial charge in [0.1, 0.15) is 11.6 Å². The standard InChI is InChI=1S/C24H25F2NO3/c1-13(2)22-21(15-11-24(12-15,30-4)23(28)29)18-10-16(25)5-8-20(18)27(22)17-6-7-19(26)14(3)9-17/h5-10,13,15H,11-12H2,1-4H3,(H,28,29). The Morgan fingerprint density at radius 2 is 1.90 bits per heavy atom. The molecule has 0 aliphatic heterocycles. The summed E-state index contributed by atoms with van der Waals surface area (Å²) in [6, 6.07) is 9.60. The second-order valence-corrected chi connectivity index (χ2v) is 8.49. The predicted octanol–water partition coefficient (Wildman–Crippen LogP) is 5.69. The number of aryl methyl sites for hydroxylation is 1. The average molecular weight is 413 g/mol. The molecule has 4 rings (SSSR count). The fourth-order valence-electron chi connectivity index (χ4n) is 4.72. The molecule has 30 heavy (non-hydrogen) atoms. The summed E-state index contributed by atoms with van der Waals surface area (Å²) in [7, 11) is 1.41. The van der Waals surface area contributed by atoms with Crippen LogP contribution in [0.3, 0.4) is 0 Å². The van der Waals surface area contributed by atoms with Crippen LogP contribution in [0.4, 0.5) is 8.78 Å². The number of fused-ring (bicyclic) bond motifs is 1. The van der Waals surface area contributed by atoms with E-state index in [0.717, 1.165) is 27.8 Å². The molecule has 6 heteroatoms. The number of nitrogens with zero attached hydrogens (tertiary/aromatic N) is 1. The molecule has 0 bridgehead atoms. The molecular formula is C24H25F2NO3. The maximum absolute atomic E-state index is 14.2. The lowest BCUT2D eigenvalue weighted by Crippen LogP contribution is -2.51. The van der Waals surface area contributed by atoms with E-state index in [0.29, 0.717) is 18.4 Å². The Bertz CT molecular complexity index is 1140. The smallest absolute Gasteiger partial charge is 0.335 e. The number of benzene rings is 2. The topological polar surface area (TPSA) is 51.5 Å². The van der Waals surface area contributed by atoms with Crippen LogP contribution in [0.1, 0.15) is 55.3 Å². The van der Waals surface area contributed by atoms with Crippen molar-refractivity contribution < 1.29 is 23.4 Å². The number of carboxylic acids is 1. The van der Waals surface area contributed by atoms with Crippen LogP contribution >= 0.6 is 0 Å². The highest BCUT2D eigenvalue weighted by Gasteiger charge is 2.52. The molecule has 1 aliphatic carbocycles. The van der Waals surface area contributed by atoms with Crippen molar-refractivity contribution >= 4 is 16.9 Å². The number of methoxy groups -OCH3 is 1. The van der Waals surface area contributed by atoms with Crippen LogP contribution in [-0.2, 0) is 9.53 Å². The van der Waals surface area contributed by atoms with Crippen molar-refractivity contribution in [3.05, 3.63) is 64.9 Å². The predicted molar refractivity (Wildman–Crippen MR) is 111 cm³/mol. The lowest BCUT2D eigenvalue weighted by Gasteiger charge is -2.43. The van der Waals surface area contributed by atoms with Crippen LogP contribution < -0.4 is 0 Å². The van der Waals surface area contributed by atoms with Gasteiger partial charge in [0.05, 0.1) is 5.52 Å². The Balaban J connectivity index is 1.97. The molecule has 0 saturated heterocycles. The van der Waals surface area contributed by atoms with Crippen LogP contribution in [0.25, 0.3) is 16.6 Å². The SMILES string of the molecule is COC1(C(=O)O)CC(c2c(C(C)C)n(-c3ccc(F)c(C)c3)c3ccc(F)cc23)C1. The summed E-state index contributed by atoms with van der Waals surface area (Å²) in [5, 5.41) is 10.4. The number of halogens is 2. The maximum Gasteiger partial charge on any atom is 0.335 e. The van der Waals surface area contributed by atoms with E-state index in [1.54, 1.807) is 25.1 Å². The van der Waals surface area contributed by atoms with Gasteiger partial charge in [0.25, 0.3) is 0 Å². The number of rotatable bonds is 5. The second-order valence-electron chi connectivity index (χ2n) is 8.49. The van der Waals surface area contributed by atoms with Gasteiger partial charge in [-0.15, -0.1) is 0 Å². The van der Waals surface area contributed by atoms with Gasteiger partial charge in [0.2, 0.25) is 0 Å². The van der Waals surface area contributed by atoms with E-state index in [1.165, 1.54) is 25.3 Å². The van der Waals surface area contributed by atoms with Crippen molar-refractivity contribution in [2.24, 2.45) is 0 Å². The summed E-state index contributed by atoms with van der Waals surface area (Å²) >= 11 is 0. The molecule has 0 radical (unpaired) electrons. The third-order valence-electron chi connectivity index (χ3n) is 6.29. The number of hydrogen-bond acceptors (Lipinski definition) is 2. The van der Waals surface area contributed by atoms with Crippen LogP contribution in [0.15, 0.2) is 36.4 Å². The third-order valence-corrected chi connectivity index (χ3v) is 6.29. The summed E-state index contributed by atoms with van der Waals surface area (Å²) in [6.45, 7) is 5.83. The zero-order chi connectivity index (χ0) is 21.8. The molecule has 1 N–H and O–H groups in total. The van der Waals surface area contributed by atoms with E-state index in [2.05, 4.69) is 18.4 Å². The van der Waals surface area contributed by atoms with Gasteiger partial charge in [-0.1, -0.05) is 13.8 Å². The van der Waals surface area contributed by atoms with Crippen molar-refractivity contribution in [1.82, 2.24) is 4.57 Å². The molecule has 1 aliphatic rings. The van der Waals surface area contributed by atoms with E-state index in [9.17, 15) is 18.7 Å². The minimum absolute atomic E-state index is 0.0643. The molecule has 1 fully saturated rings. The van der Waals surface area contributed by atoms with Gasteiger partial charge in [-0.2, -0.15) is 0 Å². The molecule has 1 aromatic heterocycles. The first-order valence-corrected chi connectivity index (χ1v) is 10.1. The molecule has 4 nitrogen and oxygen atoms in total. The fourth-order valence-corrected chi connectivity index (χ4v) is 4.72. The van der Waals surface area contributed by atoms with Gasteiger partial charge in [-0.05, 0) is 79.1 Å². The molecule has 0 unspecified atom stereocenters. The zero-order valence-corrected chi connectivity index (χ0v) is 17.5. The molecule has 158 valence electrons. The number of aromatic nitrogens is 1. The molecule has 0 amide bonds. The minimum Gasteiger partial charge on any atom is -0.479 e. The lowest BCUT2D eigenvalue weighted by molar-refractivity contribution is -0.175. The summed E-state index contributed by atoms with van der Waals surface area (Å²) in [6.07, 6.45) is 0.660. The molecule has 1 saturated carbocycles. The van der Waals surface area contributed by atoms with Crippen molar-refractivity contribution in [2.45, 2.75) is 51.0 Å². The Hall–Kier alpha value is -2.73. The maximum atomic E-state index is 14.2.